The van der Waals surface area contributed by atoms with Crippen molar-refractivity contribution in [1.82, 2.24) is 0 Å². The highest BCUT2D eigenvalue weighted by molar-refractivity contribution is 5.69. The second kappa shape index (κ2) is 60.3. The first-order valence-corrected chi connectivity index (χ1v) is 27.7. The first-order valence-electron chi connectivity index (χ1n) is 27.7. The Hall–Kier alpha value is -0.730. The highest BCUT2D eigenvalue weighted by atomic mass is 16.5. The van der Waals surface area contributed by atoms with Crippen LogP contribution in [0, 0.1) is 5.41 Å². The third kappa shape index (κ3) is 57.3. The predicted molar refractivity (Wildman–Crippen MR) is 269 cm³/mol. The number of carbonyl (C=O) groups excluding carboxylic acids is 1. The lowest BCUT2D eigenvalue weighted by Crippen LogP contribution is -2.39. The Labute approximate surface area is 388 Å². The maximum atomic E-state index is 11.7. The minimum atomic E-state index is -1.13. The van der Waals surface area contributed by atoms with E-state index in [1.54, 1.807) is 0 Å². The molecule has 0 heterocycles. The molecule has 0 fully saturated rings. The number of esters is 1. The van der Waals surface area contributed by atoms with Crippen molar-refractivity contribution in [3.8, 4) is 0 Å². The molecule has 0 aliphatic carbocycles. The van der Waals surface area contributed by atoms with Gasteiger partial charge in [-0.15, -0.1) is 0 Å². The molecule has 62 heavy (non-hydrogen) atoms. The molecule has 0 aliphatic heterocycles. The molecule has 0 aliphatic rings. The number of rotatable bonds is 49. The Bertz CT molecular complexity index is 708. The quantitative estimate of drug-likeness (QED) is 0.0304. The maximum absolute atomic E-state index is 11.7. The Morgan fingerprint density at radius 3 is 0.694 bits per heavy atom. The minimum Gasteiger partial charge on any atom is -0.465 e. The monoisotopic (exact) mass is 887 g/mol. The van der Waals surface area contributed by atoms with Gasteiger partial charge in [-0.1, -0.05) is 278 Å². The number of aliphatic hydroxyl groups is 5. The highest BCUT2D eigenvalue weighted by Gasteiger charge is 2.30. The zero-order chi connectivity index (χ0) is 46.1. The molecule has 0 saturated carbocycles. The molecule has 0 aromatic rings. The van der Waals surface area contributed by atoms with Crippen LogP contribution in [0.25, 0.3) is 0 Å². The first kappa shape index (κ1) is 65.5. The van der Waals surface area contributed by atoms with Crippen LogP contribution in [-0.4, -0.2) is 71.1 Å². The van der Waals surface area contributed by atoms with E-state index in [1.807, 2.05) is 0 Å². The van der Waals surface area contributed by atoms with E-state index in [9.17, 15) is 20.1 Å². The molecule has 0 saturated heterocycles. The van der Waals surface area contributed by atoms with Crippen LogP contribution in [0.5, 0.6) is 0 Å². The smallest absolute Gasteiger partial charge is 0.305 e. The number of aliphatic hydroxyl groups excluding tert-OH is 5. The summed E-state index contributed by atoms with van der Waals surface area (Å²) in [6, 6.07) is 0. The van der Waals surface area contributed by atoms with Gasteiger partial charge in [-0.3, -0.25) is 4.79 Å². The van der Waals surface area contributed by atoms with Crippen molar-refractivity contribution >= 4 is 5.97 Å². The minimum absolute atomic E-state index is 0.145. The summed E-state index contributed by atoms with van der Waals surface area (Å²) in [5.41, 5.74) is -1.13. The molecule has 7 nitrogen and oxygen atoms in total. The van der Waals surface area contributed by atoms with Gasteiger partial charge in [0.1, 0.15) is 6.61 Å². The fourth-order valence-corrected chi connectivity index (χ4v) is 7.85. The van der Waals surface area contributed by atoms with Gasteiger partial charge >= 0.3 is 5.97 Å². The molecule has 7 heteroatoms. The molecule has 0 aromatic heterocycles. The van der Waals surface area contributed by atoms with Crippen LogP contribution < -0.4 is 0 Å². The van der Waals surface area contributed by atoms with Gasteiger partial charge in [0.15, 0.2) is 0 Å². The average molecular weight is 888 g/mol. The standard InChI is InChI=1S/C23H46O5.2C16H34O/c1-2-3-4-5-6-7-8-9-10-11-12-13-14-15-16-17-22(27)28-21-23(18-24,19-25)20-26;2*1-2-3-4-5-6-7-8-9-10-11-12-13-14-15-16-17/h24-26H,2-21H2,1H3;2*17H,2-16H2,1H3. The molecular weight excluding hydrogens is 773 g/mol. The van der Waals surface area contributed by atoms with E-state index in [0.29, 0.717) is 19.6 Å². The number of hydrogen-bond donors (Lipinski definition) is 5. The average Bonchev–Trinajstić information content (AvgIpc) is 3.29. The molecule has 0 bridgehead atoms. The molecule has 5 N–H and O–H groups in total. The van der Waals surface area contributed by atoms with Crippen molar-refractivity contribution in [3.63, 3.8) is 0 Å². The second-order valence-corrected chi connectivity index (χ2v) is 19.0. The summed E-state index contributed by atoms with van der Waals surface area (Å²) in [5, 5.41) is 44.9. The summed E-state index contributed by atoms with van der Waals surface area (Å²) in [6.45, 7) is 6.19. The molecule has 0 spiro atoms. The van der Waals surface area contributed by atoms with E-state index in [4.69, 9.17) is 14.9 Å². The van der Waals surface area contributed by atoms with Crippen LogP contribution in [0.2, 0.25) is 0 Å². The van der Waals surface area contributed by atoms with Gasteiger partial charge < -0.3 is 30.3 Å². The van der Waals surface area contributed by atoms with Gasteiger partial charge in [-0.05, 0) is 19.3 Å². The van der Waals surface area contributed by atoms with Crippen molar-refractivity contribution < 1.29 is 35.1 Å². The van der Waals surface area contributed by atoms with Crippen LogP contribution in [0.1, 0.15) is 303 Å². The lowest BCUT2D eigenvalue weighted by molar-refractivity contribution is -0.151. The molecule has 0 unspecified atom stereocenters. The third-order valence-electron chi connectivity index (χ3n) is 12.6. The molecule has 0 amide bonds. The van der Waals surface area contributed by atoms with Crippen LogP contribution in [0.15, 0.2) is 0 Å². The third-order valence-corrected chi connectivity index (χ3v) is 12.6. The summed E-state index contributed by atoms with van der Waals surface area (Å²) < 4.78 is 5.08. The molecule has 376 valence electrons. The van der Waals surface area contributed by atoms with Crippen LogP contribution >= 0.6 is 0 Å². The van der Waals surface area contributed by atoms with E-state index in [-0.39, 0.29) is 12.6 Å². The van der Waals surface area contributed by atoms with Crippen LogP contribution in [0.3, 0.4) is 0 Å². The maximum Gasteiger partial charge on any atom is 0.305 e. The molecular formula is C55H114O7. The normalized spacial score (nSPS) is 11.3. The van der Waals surface area contributed by atoms with Gasteiger partial charge in [-0.25, -0.2) is 0 Å². The molecule has 0 rings (SSSR count). The second-order valence-electron chi connectivity index (χ2n) is 19.0. The summed E-state index contributed by atoms with van der Waals surface area (Å²) in [4.78, 5) is 11.7. The fourth-order valence-electron chi connectivity index (χ4n) is 7.85. The van der Waals surface area contributed by atoms with E-state index in [0.717, 1.165) is 32.1 Å². The topological polar surface area (TPSA) is 127 Å². The number of ether oxygens (including phenoxy) is 1. The Kier molecular flexibility index (Phi) is 63.7. The Morgan fingerprint density at radius 2 is 0.500 bits per heavy atom. The lowest BCUT2D eigenvalue weighted by atomic mass is 9.93. The lowest BCUT2D eigenvalue weighted by Gasteiger charge is -2.26. The van der Waals surface area contributed by atoms with E-state index in [1.165, 1.54) is 244 Å². The first-order chi connectivity index (χ1) is 30.5. The van der Waals surface area contributed by atoms with Crippen LogP contribution in [-0.2, 0) is 9.53 Å². The molecule has 0 aromatic carbocycles. The summed E-state index contributed by atoms with van der Waals surface area (Å²) in [7, 11) is 0. The van der Waals surface area contributed by atoms with E-state index < -0.39 is 25.2 Å². The van der Waals surface area contributed by atoms with Gasteiger partial charge in [0.2, 0.25) is 0 Å². The largest absolute Gasteiger partial charge is 0.465 e. The summed E-state index contributed by atoms with van der Waals surface area (Å²) >= 11 is 0. The zero-order valence-electron chi connectivity index (χ0n) is 42.4. The number of hydrogen-bond acceptors (Lipinski definition) is 7. The zero-order valence-corrected chi connectivity index (χ0v) is 42.4. The molecule has 0 radical (unpaired) electrons. The highest BCUT2D eigenvalue weighted by Crippen LogP contribution is 2.18. The summed E-state index contributed by atoms with van der Waals surface area (Å²) in [6.07, 6.45) is 58.0. The van der Waals surface area contributed by atoms with Crippen molar-refractivity contribution in [1.29, 1.82) is 0 Å². The number of carbonyl (C=O) groups is 1. The van der Waals surface area contributed by atoms with E-state index in [2.05, 4.69) is 20.8 Å². The van der Waals surface area contributed by atoms with E-state index >= 15 is 0 Å². The van der Waals surface area contributed by atoms with Crippen molar-refractivity contribution in [2.45, 2.75) is 303 Å². The Morgan fingerprint density at radius 1 is 0.306 bits per heavy atom. The fraction of sp³-hybridized carbons (Fsp3) is 0.982. The van der Waals surface area contributed by atoms with Gasteiger partial charge in [-0.2, -0.15) is 0 Å². The van der Waals surface area contributed by atoms with Gasteiger partial charge in [0, 0.05) is 19.6 Å². The van der Waals surface area contributed by atoms with Gasteiger partial charge in [0.05, 0.1) is 25.2 Å². The predicted octanol–water partition coefficient (Wildman–Crippen LogP) is 15.7. The number of unbranched alkanes of at least 4 members (excludes halogenated alkanes) is 40. The summed E-state index contributed by atoms with van der Waals surface area (Å²) in [5.74, 6) is -0.325. The molecule has 0 atom stereocenters. The Balaban J connectivity index is -0.000000888. The van der Waals surface area contributed by atoms with Crippen molar-refractivity contribution in [3.05, 3.63) is 0 Å². The van der Waals surface area contributed by atoms with Crippen LogP contribution in [0.4, 0.5) is 0 Å². The van der Waals surface area contributed by atoms with Crippen molar-refractivity contribution in [2.75, 3.05) is 39.6 Å². The van der Waals surface area contributed by atoms with Gasteiger partial charge in [0.25, 0.3) is 0 Å². The van der Waals surface area contributed by atoms with Crippen molar-refractivity contribution in [2.24, 2.45) is 5.41 Å². The SMILES string of the molecule is CCCCCCCCCCCCCCCCCC(=O)OCC(CO)(CO)CO.CCCCCCCCCCCCCCCCO.CCCCCCCCCCCCCCCCO.